The number of hydrogen-bond donors (Lipinski definition) is 6. The summed E-state index contributed by atoms with van der Waals surface area (Å²) in [5.41, 5.74) is 5.31. The van der Waals surface area contributed by atoms with Gasteiger partial charge in [0, 0.05) is 41.3 Å². The Labute approximate surface area is 360 Å². The van der Waals surface area contributed by atoms with Gasteiger partial charge in [0.2, 0.25) is 5.91 Å². The third-order valence-corrected chi connectivity index (χ3v) is 14.3. The molecule has 4 fully saturated rings. The van der Waals surface area contributed by atoms with Crippen LogP contribution in [0.1, 0.15) is 91.5 Å². The quantitative estimate of drug-likeness (QED) is 0.118. The second-order valence-corrected chi connectivity index (χ2v) is 18.4. The van der Waals surface area contributed by atoms with E-state index in [1.54, 1.807) is 31.2 Å². The van der Waals surface area contributed by atoms with Gasteiger partial charge in [0.15, 0.2) is 34.9 Å². The van der Waals surface area contributed by atoms with E-state index in [1.165, 1.54) is 19.1 Å². The molecule has 0 spiro atoms. The van der Waals surface area contributed by atoms with Crippen molar-refractivity contribution >= 4 is 41.1 Å². The number of nitrogens with two attached hydrogens (primary N) is 2. The molecule has 0 bridgehead atoms. The fraction of sp³-hybridized carbons (Fsp3) is 0.644. The van der Waals surface area contributed by atoms with Crippen molar-refractivity contribution in [1.29, 1.82) is 0 Å². The van der Waals surface area contributed by atoms with Crippen LogP contribution in [0.15, 0.2) is 48.1 Å². The molecule has 17 heteroatoms. The number of nitrogens with one attached hydrogen (secondary N) is 3. The summed E-state index contributed by atoms with van der Waals surface area (Å²) < 4.78 is 52.1. The standard InChI is InChI=1S/C45H61F2N5O10/c1-6-8-37-61-36-20-29-30-19-32(46)31-18-28(53)14-15-42(31,4)44(30,47)34(55)21-43(29,5)45(36,62-37)35(56)22-51-41(59)60-23-25-10-12-27(13-11-25)52-39(57)26(9-7-16-50-40(49)58)17-33(54)38(48)24(2)3/h10-15,18,24,26,29-30,32,34,36-38,55H,6-9,16-17,19-23,48H2,1-5H3,(H,51,59)(H,52,57)(H3,49,50,58)/t26-,29+,30+,32+,34+,36-,37?,38+,42+,43+,44+,45-/m1/s1. The van der Waals surface area contributed by atoms with Crippen molar-refractivity contribution in [3.63, 3.8) is 0 Å². The number of allylic oxidation sites excluding steroid dienone is 4. The summed E-state index contributed by atoms with van der Waals surface area (Å²) in [6, 6.07) is 5.06. The third kappa shape index (κ3) is 8.44. The number of carbonyl (C=O) groups excluding carboxylic acids is 6. The molecule has 1 heterocycles. The molecule has 0 aromatic heterocycles. The van der Waals surface area contributed by atoms with E-state index in [0.29, 0.717) is 36.9 Å². The number of halogens is 2. The number of alkyl carbamates (subject to hydrolysis) is 1. The van der Waals surface area contributed by atoms with E-state index in [1.807, 2.05) is 20.8 Å². The first-order chi connectivity index (χ1) is 29.2. The molecule has 6 rings (SSSR count). The summed E-state index contributed by atoms with van der Waals surface area (Å²) in [4.78, 5) is 76.9. The van der Waals surface area contributed by atoms with Gasteiger partial charge in [-0.1, -0.05) is 52.3 Å². The van der Waals surface area contributed by atoms with E-state index in [9.17, 15) is 33.9 Å². The highest BCUT2D eigenvalue weighted by Crippen LogP contribution is 2.72. The van der Waals surface area contributed by atoms with Gasteiger partial charge in [0.05, 0.1) is 24.8 Å². The maximum atomic E-state index is 17.8. The number of aliphatic hydroxyl groups excluding tert-OH is 1. The van der Waals surface area contributed by atoms with Crippen LogP contribution in [0.25, 0.3) is 0 Å². The van der Waals surface area contributed by atoms with Crippen LogP contribution in [-0.4, -0.2) is 95.6 Å². The van der Waals surface area contributed by atoms with Gasteiger partial charge in [-0.25, -0.2) is 18.4 Å². The Balaban J connectivity index is 1.09. The third-order valence-electron chi connectivity index (χ3n) is 14.3. The first-order valence-corrected chi connectivity index (χ1v) is 21.7. The van der Waals surface area contributed by atoms with E-state index < -0.39 is 107 Å². The molecule has 1 aromatic carbocycles. The Morgan fingerprint density at radius 3 is 2.44 bits per heavy atom. The first-order valence-electron chi connectivity index (χ1n) is 21.7. The van der Waals surface area contributed by atoms with Crippen molar-refractivity contribution in [1.82, 2.24) is 10.6 Å². The molecule has 15 nitrogen and oxygen atoms in total. The number of hydrogen-bond acceptors (Lipinski definition) is 11. The number of Topliss-reactive ketones (excluding diaryl/α,β-unsaturated/α-hetero) is 2. The van der Waals surface area contributed by atoms with Crippen LogP contribution in [0.3, 0.4) is 0 Å². The number of primary amides is 1. The predicted octanol–water partition coefficient (Wildman–Crippen LogP) is 4.64. The van der Waals surface area contributed by atoms with Crippen LogP contribution in [0.5, 0.6) is 0 Å². The second kappa shape index (κ2) is 18.3. The molecule has 1 saturated heterocycles. The minimum Gasteiger partial charge on any atom is -0.445 e. The molecule has 5 aliphatic rings. The lowest BCUT2D eigenvalue weighted by atomic mass is 9.44. The number of alkyl halides is 2. The second-order valence-electron chi connectivity index (χ2n) is 18.4. The lowest BCUT2D eigenvalue weighted by Gasteiger charge is -2.63. The van der Waals surface area contributed by atoms with Gasteiger partial charge in [0.25, 0.3) is 0 Å². The molecule has 1 unspecified atom stereocenters. The van der Waals surface area contributed by atoms with Crippen molar-refractivity contribution in [2.75, 3.05) is 18.4 Å². The zero-order valence-corrected chi connectivity index (χ0v) is 36.0. The van der Waals surface area contributed by atoms with Crippen molar-refractivity contribution < 1.29 is 56.9 Å². The van der Waals surface area contributed by atoms with Crippen LogP contribution < -0.4 is 27.4 Å². The fourth-order valence-corrected chi connectivity index (χ4v) is 10.9. The minimum atomic E-state index is -2.35. The van der Waals surface area contributed by atoms with E-state index in [-0.39, 0.29) is 56.1 Å². The van der Waals surface area contributed by atoms with Gasteiger partial charge in [-0.05, 0) is 92.7 Å². The molecule has 340 valence electrons. The minimum absolute atomic E-state index is 0.00156. The van der Waals surface area contributed by atoms with E-state index in [0.717, 1.165) is 6.08 Å². The summed E-state index contributed by atoms with van der Waals surface area (Å²) >= 11 is 0. The average Bonchev–Trinajstić information content (AvgIpc) is 3.70. The van der Waals surface area contributed by atoms with Crippen molar-refractivity contribution in [3.05, 3.63) is 53.6 Å². The van der Waals surface area contributed by atoms with Crippen LogP contribution >= 0.6 is 0 Å². The molecule has 4 amide bonds. The molecular weight excluding hydrogens is 809 g/mol. The topological polar surface area (TPSA) is 238 Å². The number of benzene rings is 1. The molecule has 8 N–H and O–H groups in total. The number of urea groups is 1. The van der Waals surface area contributed by atoms with Gasteiger partial charge in [0.1, 0.15) is 12.8 Å². The number of amides is 4. The van der Waals surface area contributed by atoms with Gasteiger partial charge >= 0.3 is 12.1 Å². The monoisotopic (exact) mass is 869 g/mol. The highest BCUT2D eigenvalue weighted by Gasteiger charge is 2.80. The molecule has 1 aromatic rings. The lowest BCUT2D eigenvalue weighted by Crippen LogP contribution is -2.71. The maximum Gasteiger partial charge on any atom is 0.407 e. The maximum absolute atomic E-state index is 17.8. The Morgan fingerprint density at radius 2 is 1.77 bits per heavy atom. The largest absolute Gasteiger partial charge is 0.445 e. The normalized spacial score (nSPS) is 34.2. The van der Waals surface area contributed by atoms with Crippen LogP contribution in [-0.2, 0) is 40.0 Å². The highest BCUT2D eigenvalue weighted by atomic mass is 19.1. The fourth-order valence-electron chi connectivity index (χ4n) is 10.9. The Morgan fingerprint density at radius 1 is 1.06 bits per heavy atom. The van der Waals surface area contributed by atoms with Gasteiger partial charge in [-0.2, -0.15) is 0 Å². The number of rotatable bonds is 17. The van der Waals surface area contributed by atoms with Crippen LogP contribution in [0, 0.1) is 34.5 Å². The molecule has 12 atom stereocenters. The van der Waals surface area contributed by atoms with E-state index >= 15 is 8.78 Å². The van der Waals surface area contributed by atoms with Crippen LogP contribution in [0.4, 0.5) is 24.1 Å². The summed E-state index contributed by atoms with van der Waals surface area (Å²) in [6.07, 6.45) is -0.705. The number of ketones is 3. The van der Waals surface area contributed by atoms with Crippen molar-refractivity contribution in [3.8, 4) is 0 Å². The molecule has 4 aliphatic carbocycles. The van der Waals surface area contributed by atoms with Gasteiger partial charge in [-0.15, -0.1) is 0 Å². The average molecular weight is 870 g/mol. The summed E-state index contributed by atoms with van der Waals surface area (Å²) in [5, 5.41) is 19.6. The Hall–Kier alpha value is -4.58. The summed E-state index contributed by atoms with van der Waals surface area (Å²) in [5.74, 6) is -4.17. The molecule has 3 saturated carbocycles. The number of anilines is 1. The number of fused-ring (bicyclic) bond motifs is 7. The highest BCUT2D eigenvalue weighted by molar-refractivity contribution is 6.01. The molecule has 0 radical (unpaired) electrons. The van der Waals surface area contributed by atoms with Crippen LogP contribution in [0.2, 0.25) is 0 Å². The number of carbonyl (C=O) groups is 6. The van der Waals surface area contributed by atoms with E-state index in [4.69, 9.17) is 25.7 Å². The van der Waals surface area contributed by atoms with Gasteiger partial charge < -0.3 is 46.7 Å². The van der Waals surface area contributed by atoms with Crippen molar-refractivity contribution in [2.45, 2.75) is 135 Å². The van der Waals surface area contributed by atoms with Crippen molar-refractivity contribution in [2.24, 2.45) is 46.0 Å². The predicted molar refractivity (Wildman–Crippen MR) is 222 cm³/mol. The van der Waals surface area contributed by atoms with E-state index in [2.05, 4.69) is 16.0 Å². The zero-order chi connectivity index (χ0) is 45.4. The lowest BCUT2D eigenvalue weighted by molar-refractivity contribution is -0.233. The Bertz CT molecular complexity index is 1980. The number of ether oxygens (including phenoxy) is 3. The number of aliphatic hydroxyl groups is 1. The Kier molecular flexibility index (Phi) is 13.8. The molecular formula is C45H61F2N5O10. The summed E-state index contributed by atoms with van der Waals surface area (Å²) in [7, 11) is 0. The van der Waals surface area contributed by atoms with Gasteiger partial charge in [-0.3, -0.25) is 19.2 Å². The SMILES string of the molecule is CCCC1O[C@@H]2C[C@H]3[C@@H]4C[C@H](F)C5=CC(=O)C=C[C@]5(C)[C@@]4(F)[C@@H](O)C[C@]3(C)[C@]2(C(=O)CNC(=O)OCc2ccc(NC(=O)[C@H](CCCNC(N)=O)CC(=O)[C@@H](N)C(C)C)cc2)O1. The summed E-state index contributed by atoms with van der Waals surface area (Å²) in [6.45, 7) is 8.36. The zero-order valence-electron chi connectivity index (χ0n) is 36.0. The molecule has 62 heavy (non-hydrogen) atoms. The molecule has 1 aliphatic heterocycles. The smallest absolute Gasteiger partial charge is 0.407 e. The first kappa shape index (κ1) is 46.9.